The predicted molar refractivity (Wildman–Crippen MR) is 110 cm³/mol. The summed E-state index contributed by atoms with van der Waals surface area (Å²) in [6.07, 6.45) is -1.02. The van der Waals surface area contributed by atoms with E-state index in [0.29, 0.717) is 22.5 Å². The molecule has 2 aromatic carbocycles. The molecule has 7 heteroatoms. The number of aryl methyl sites for hydroxylation is 2. The third-order valence-corrected chi connectivity index (χ3v) is 4.63. The van der Waals surface area contributed by atoms with Gasteiger partial charge >= 0.3 is 5.97 Å². The molecule has 29 heavy (non-hydrogen) atoms. The van der Waals surface area contributed by atoms with Crippen molar-refractivity contribution in [2.75, 3.05) is 5.32 Å². The van der Waals surface area contributed by atoms with Crippen LogP contribution >= 0.6 is 0 Å². The fraction of sp³-hybridized carbons (Fsp3) is 0.182. The Kier molecular flexibility index (Phi) is 5.59. The molecule has 0 radical (unpaired) electrons. The van der Waals surface area contributed by atoms with E-state index in [0.717, 1.165) is 16.5 Å². The van der Waals surface area contributed by atoms with Crippen LogP contribution in [0, 0.1) is 13.8 Å². The van der Waals surface area contributed by atoms with Gasteiger partial charge in [0, 0.05) is 16.6 Å². The van der Waals surface area contributed by atoms with Crippen LogP contribution in [0.3, 0.4) is 0 Å². The molecule has 0 saturated heterocycles. The first-order valence-corrected chi connectivity index (χ1v) is 9.05. The lowest BCUT2D eigenvalue weighted by atomic mass is 10.0. The summed E-state index contributed by atoms with van der Waals surface area (Å²) in [7, 11) is 0. The number of hydrogen-bond acceptors (Lipinski definition) is 5. The standard InChI is InChI=1S/C22H21N3O4/c1-12-17-6-4-5-7-18(17)24-13(2)19(12)22(28)29-14(3)21(27)25-16-10-8-15(9-11-16)20(23)26/h4-11,14H,1-3H3,(H2,23,26)(H,25,27)/t14-/m1/s1. The van der Waals surface area contributed by atoms with Crippen LogP contribution in [-0.2, 0) is 9.53 Å². The first kappa shape index (κ1) is 20.0. The van der Waals surface area contributed by atoms with Crippen molar-refractivity contribution in [1.29, 1.82) is 0 Å². The van der Waals surface area contributed by atoms with Gasteiger partial charge in [-0.05, 0) is 56.7 Å². The van der Waals surface area contributed by atoms with Crippen molar-refractivity contribution < 1.29 is 19.1 Å². The molecule has 0 aliphatic heterocycles. The Bertz CT molecular complexity index is 1110. The lowest BCUT2D eigenvalue weighted by Crippen LogP contribution is -2.30. The van der Waals surface area contributed by atoms with Gasteiger partial charge in [-0.1, -0.05) is 18.2 Å². The topological polar surface area (TPSA) is 111 Å². The molecule has 7 nitrogen and oxygen atoms in total. The monoisotopic (exact) mass is 391 g/mol. The number of anilines is 1. The molecule has 0 bridgehead atoms. The number of amides is 2. The molecule has 2 amide bonds. The number of para-hydroxylation sites is 1. The van der Waals surface area contributed by atoms with E-state index in [1.165, 1.54) is 19.1 Å². The third kappa shape index (κ3) is 4.24. The van der Waals surface area contributed by atoms with Crippen LogP contribution in [0.15, 0.2) is 48.5 Å². The molecular formula is C22H21N3O4. The maximum atomic E-state index is 12.7. The number of ether oxygens (including phenoxy) is 1. The predicted octanol–water partition coefficient (Wildman–Crippen LogP) is 3.13. The second-order valence-electron chi connectivity index (χ2n) is 6.69. The van der Waals surface area contributed by atoms with Crippen molar-refractivity contribution >= 4 is 34.4 Å². The zero-order chi connectivity index (χ0) is 21.1. The van der Waals surface area contributed by atoms with E-state index in [2.05, 4.69) is 10.3 Å². The fourth-order valence-electron chi connectivity index (χ4n) is 3.07. The Balaban J connectivity index is 1.74. The van der Waals surface area contributed by atoms with E-state index < -0.39 is 23.9 Å². The van der Waals surface area contributed by atoms with Gasteiger partial charge in [-0.3, -0.25) is 14.6 Å². The minimum Gasteiger partial charge on any atom is -0.449 e. The highest BCUT2D eigenvalue weighted by Crippen LogP contribution is 2.23. The molecule has 1 aromatic heterocycles. The van der Waals surface area contributed by atoms with Crippen LogP contribution in [0.2, 0.25) is 0 Å². The van der Waals surface area contributed by atoms with Crippen molar-refractivity contribution in [3.8, 4) is 0 Å². The van der Waals surface area contributed by atoms with Gasteiger partial charge in [0.15, 0.2) is 6.10 Å². The third-order valence-electron chi connectivity index (χ3n) is 4.63. The van der Waals surface area contributed by atoms with Crippen molar-refractivity contribution in [2.24, 2.45) is 5.73 Å². The molecule has 0 aliphatic rings. The minimum atomic E-state index is -1.02. The number of nitrogens with one attached hydrogen (secondary N) is 1. The van der Waals surface area contributed by atoms with Crippen molar-refractivity contribution in [3.05, 3.63) is 70.9 Å². The SMILES string of the molecule is Cc1nc2ccccc2c(C)c1C(=O)O[C@H](C)C(=O)Nc1ccc(C(N)=O)cc1. The average Bonchev–Trinajstić information content (AvgIpc) is 2.68. The van der Waals surface area contributed by atoms with E-state index >= 15 is 0 Å². The molecular weight excluding hydrogens is 370 g/mol. The van der Waals surface area contributed by atoms with Gasteiger partial charge < -0.3 is 15.8 Å². The molecule has 0 aliphatic carbocycles. The molecule has 1 atom stereocenters. The summed E-state index contributed by atoms with van der Waals surface area (Å²) < 4.78 is 5.38. The summed E-state index contributed by atoms with van der Waals surface area (Å²) in [5.41, 5.74) is 8.44. The van der Waals surface area contributed by atoms with E-state index in [-0.39, 0.29) is 0 Å². The smallest absolute Gasteiger partial charge is 0.341 e. The maximum Gasteiger partial charge on any atom is 0.341 e. The molecule has 3 rings (SSSR count). The summed E-state index contributed by atoms with van der Waals surface area (Å²) in [6, 6.07) is 13.6. The van der Waals surface area contributed by atoms with E-state index in [1.807, 2.05) is 31.2 Å². The molecule has 1 heterocycles. The number of rotatable bonds is 5. The largest absolute Gasteiger partial charge is 0.449 e. The second kappa shape index (κ2) is 8.10. The summed E-state index contributed by atoms with van der Waals surface area (Å²) in [5, 5.41) is 3.50. The lowest BCUT2D eigenvalue weighted by Gasteiger charge is -2.16. The number of carbonyl (C=O) groups is 3. The van der Waals surface area contributed by atoms with E-state index in [1.54, 1.807) is 19.1 Å². The molecule has 0 fully saturated rings. The van der Waals surface area contributed by atoms with Crippen molar-refractivity contribution in [2.45, 2.75) is 26.9 Å². The zero-order valence-electron chi connectivity index (χ0n) is 16.4. The van der Waals surface area contributed by atoms with Gasteiger partial charge in [0.25, 0.3) is 5.91 Å². The summed E-state index contributed by atoms with van der Waals surface area (Å²) in [5.74, 6) is -1.65. The van der Waals surface area contributed by atoms with Crippen LogP contribution in [-0.4, -0.2) is 28.9 Å². The van der Waals surface area contributed by atoms with Crippen LogP contribution < -0.4 is 11.1 Å². The zero-order valence-corrected chi connectivity index (χ0v) is 16.4. The summed E-state index contributed by atoms with van der Waals surface area (Å²) >= 11 is 0. The van der Waals surface area contributed by atoms with Gasteiger partial charge in [-0.2, -0.15) is 0 Å². The highest BCUT2D eigenvalue weighted by atomic mass is 16.5. The molecule has 0 unspecified atom stereocenters. The number of hydrogen-bond donors (Lipinski definition) is 2. The molecule has 0 spiro atoms. The van der Waals surface area contributed by atoms with Crippen molar-refractivity contribution in [1.82, 2.24) is 4.98 Å². The number of aromatic nitrogens is 1. The Morgan fingerprint density at radius 2 is 1.69 bits per heavy atom. The Labute approximate surface area is 167 Å². The molecule has 148 valence electrons. The number of nitrogens with two attached hydrogens (primary N) is 1. The van der Waals surface area contributed by atoms with Gasteiger partial charge in [0.05, 0.1) is 16.8 Å². The van der Waals surface area contributed by atoms with Gasteiger partial charge in [0.1, 0.15) is 0 Å². The normalized spacial score (nSPS) is 11.7. The number of esters is 1. The Hall–Kier alpha value is -3.74. The number of nitrogens with zero attached hydrogens (tertiary/aromatic N) is 1. The fourth-order valence-corrected chi connectivity index (χ4v) is 3.07. The minimum absolute atomic E-state index is 0.331. The highest BCUT2D eigenvalue weighted by Gasteiger charge is 2.23. The molecule has 3 aromatic rings. The number of primary amides is 1. The quantitative estimate of drug-likeness (QED) is 0.649. The second-order valence-corrected chi connectivity index (χ2v) is 6.69. The van der Waals surface area contributed by atoms with Gasteiger partial charge in [-0.25, -0.2) is 4.79 Å². The van der Waals surface area contributed by atoms with Crippen LogP contribution in [0.25, 0.3) is 10.9 Å². The first-order valence-electron chi connectivity index (χ1n) is 9.05. The van der Waals surface area contributed by atoms with E-state index in [9.17, 15) is 14.4 Å². The Morgan fingerprint density at radius 3 is 2.34 bits per heavy atom. The van der Waals surface area contributed by atoms with Crippen molar-refractivity contribution in [3.63, 3.8) is 0 Å². The highest BCUT2D eigenvalue weighted by molar-refractivity contribution is 6.01. The maximum absolute atomic E-state index is 12.7. The van der Waals surface area contributed by atoms with Gasteiger partial charge in [-0.15, -0.1) is 0 Å². The van der Waals surface area contributed by atoms with Gasteiger partial charge in [0.2, 0.25) is 5.91 Å². The molecule has 3 N–H and O–H groups in total. The number of pyridine rings is 1. The lowest BCUT2D eigenvalue weighted by molar-refractivity contribution is -0.123. The summed E-state index contributed by atoms with van der Waals surface area (Å²) in [6.45, 7) is 5.06. The van der Waals surface area contributed by atoms with Crippen LogP contribution in [0.5, 0.6) is 0 Å². The van der Waals surface area contributed by atoms with Crippen LogP contribution in [0.4, 0.5) is 5.69 Å². The van der Waals surface area contributed by atoms with Crippen LogP contribution in [0.1, 0.15) is 38.9 Å². The van der Waals surface area contributed by atoms with E-state index in [4.69, 9.17) is 10.5 Å². The first-order chi connectivity index (χ1) is 13.8. The average molecular weight is 391 g/mol. The number of carbonyl (C=O) groups excluding carboxylic acids is 3. The Morgan fingerprint density at radius 1 is 1.03 bits per heavy atom. The summed E-state index contributed by atoms with van der Waals surface area (Å²) in [4.78, 5) is 40.7. The molecule has 0 saturated carbocycles. The number of benzene rings is 2. The number of fused-ring (bicyclic) bond motifs is 1.